The van der Waals surface area contributed by atoms with Crippen LogP contribution in [0.15, 0.2) is 52.7 Å². The van der Waals surface area contributed by atoms with Crippen LogP contribution in [0.5, 0.6) is 0 Å². The summed E-state index contributed by atoms with van der Waals surface area (Å²) in [5.74, 6) is -0.313. The van der Waals surface area contributed by atoms with Crippen molar-refractivity contribution in [3.63, 3.8) is 0 Å². The first-order chi connectivity index (χ1) is 11.7. The van der Waals surface area contributed by atoms with Gasteiger partial charge in [-0.05, 0) is 23.6 Å². The number of nitrogens with zero attached hydrogens (tertiary/aromatic N) is 2. The van der Waals surface area contributed by atoms with Crippen molar-refractivity contribution in [2.24, 2.45) is 5.73 Å². The van der Waals surface area contributed by atoms with Gasteiger partial charge in [0.1, 0.15) is 17.3 Å². The van der Waals surface area contributed by atoms with E-state index in [1.165, 1.54) is 5.56 Å². The Morgan fingerprint density at radius 2 is 2.25 bits per heavy atom. The van der Waals surface area contributed by atoms with E-state index in [1.807, 2.05) is 29.6 Å². The fourth-order valence-electron chi connectivity index (χ4n) is 3.23. The molecule has 0 bridgehead atoms. The Kier molecular flexibility index (Phi) is 3.92. The Hall–Kier alpha value is -2.44. The summed E-state index contributed by atoms with van der Waals surface area (Å²) >= 11 is 1.58. The number of nitrogens with two attached hydrogens (primary N) is 1. The molecule has 0 spiro atoms. The number of primary amides is 1. The average Bonchev–Trinajstić information content (AvgIpc) is 3.25. The number of amides is 1. The minimum Gasteiger partial charge on any atom is -0.472 e. The van der Waals surface area contributed by atoms with E-state index in [4.69, 9.17) is 10.2 Å². The third-order valence-electron chi connectivity index (χ3n) is 4.34. The summed E-state index contributed by atoms with van der Waals surface area (Å²) in [6.07, 6.45) is 4.24. The highest BCUT2D eigenvalue weighted by molar-refractivity contribution is 7.13. The van der Waals surface area contributed by atoms with Crippen molar-refractivity contribution in [1.82, 2.24) is 9.88 Å². The van der Waals surface area contributed by atoms with Crippen molar-refractivity contribution in [3.05, 3.63) is 65.1 Å². The molecule has 0 radical (unpaired) electrons. The zero-order chi connectivity index (χ0) is 16.5. The van der Waals surface area contributed by atoms with Crippen molar-refractivity contribution >= 4 is 17.2 Å². The summed E-state index contributed by atoms with van der Waals surface area (Å²) in [4.78, 5) is 18.8. The summed E-state index contributed by atoms with van der Waals surface area (Å²) in [6.45, 7) is 1.40. The van der Waals surface area contributed by atoms with Crippen molar-refractivity contribution in [2.45, 2.75) is 19.0 Å². The minimum absolute atomic E-state index is 0.313. The summed E-state index contributed by atoms with van der Waals surface area (Å²) < 4.78 is 5.11. The maximum absolute atomic E-state index is 12.1. The van der Waals surface area contributed by atoms with E-state index in [9.17, 15) is 4.79 Å². The Morgan fingerprint density at radius 3 is 3.04 bits per heavy atom. The van der Waals surface area contributed by atoms with E-state index in [1.54, 1.807) is 23.9 Å². The van der Waals surface area contributed by atoms with Gasteiger partial charge in [-0.1, -0.05) is 24.3 Å². The number of carbonyl (C=O) groups is 1. The summed E-state index contributed by atoms with van der Waals surface area (Å²) in [7, 11) is 0. The number of aromatic nitrogens is 1. The van der Waals surface area contributed by atoms with E-state index < -0.39 is 6.04 Å². The molecule has 0 aliphatic carbocycles. The van der Waals surface area contributed by atoms with Crippen LogP contribution in [0, 0.1) is 0 Å². The van der Waals surface area contributed by atoms with E-state index in [-0.39, 0.29) is 5.91 Å². The van der Waals surface area contributed by atoms with Gasteiger partial charge in [-0.2, -0.15) is 0 Å². The largest absolute Gasteiger partial charge is 0.472 e. The molecule has 0 unspecified atom stereocenters. The van der Waals surface area contributed by atoms with Gasteiger partial charge in [-0.3, -0.25) is 9.69 Å². The van der Waals surface area contributed by atoms with Gasteiger partial charge >= 0.3 is 0 Å². The maximum Gasteiger partial charge on any atom is 0.239 e. The zero-order valence-corrected chi connectivity index (χ0v) is 13.8. The van der Waals surface area contributed by atoms with Gasteiger partial charge in [0.25, 0.3) is 0 Å². The van der Waals surface area contributed by atoms with Crippen molar-refractivity contribution in [3.8, 4) is 10.6 Å². The lowest BCUT2D eigenvalue weighted by atomic mass is 9.92. The van der Waals surface area contributed by atoms with Gasteiger partial charge in [0.15, 0.2) is 0 Å². The fraction of sp³-hybridized carbons (Fsp3) is 0.222. The van der Waals surface area contributed by atoms with E-state index in [0.717, 1.165) is 34.8 Å². The lowest BCUT2D eigenvalue weighted by Crippen LogP contribution is -2.42. The van der Waals surface area contributed by atoms with Crippen molar-refractivity contribution < 1.29 is 9.21 Å². The number of hydrogen-bond donors (Lipinski definition) is 1. The molecule has 1 atom stereocenters. The highest BCUT2D eigenvalue weighted by Gasteiger charge is 2.31. The van der Waals surface area contributed by atoms with Crippen LogP contribution in [-0.4, -0.2) is 22.3 Å². The van der Waals surface area contributed by atoms with E-state index in [0.29, 0.717) is 6.54 Å². The number of hydrogen-bond acceptors (Lipinski definition) is 5. The fourth-order valence-corrected chi connectivity index (χ4v) is 4.03. The molecule has 3 heterocycles. The van der Waals surface area contributed by atoms with Crippen LogP contribution in [-0.2, 0) is 17.8 Å². The van der Waals surface area contributed by atoms with Crippen LogP contribution >= 0.6 is 11.3 Å². The second-order valence-corrected chi connectivity index (χ2v) is 6.74. The highest BCUT2D eigenvalue weighted by atomic mass is 32.1. The predicted molar refractivity (Wildman–Crippen MR) is 92.3 cm³/mol. The number of benzene rings is 1. The molecule has 4 rings (SSSR count). The quantitative estimate of drug-likeness (QED) is 0.793. The van der Waals surface area contributed by atoms with Crippen molar-refractivity contribution in [1.29, 1.82) is 0 Å². The van der Waals surface area contributed by atoms with Crippen LogP contribution in [0.1, 0.15) is 22.9 Å². The molecular weight excluding hydrogens is 322 g/mol. The first-order valence-corrected chi connectivity index (χ1v) is 8.68. The van der Waals surface area contributed by atoms with Gasteiger partial charge in [-0.25, -0.2) is 4.98 Å². The number of carbonyl (C=O) groups excluding carboxylic acids is 1. The van der Waals surface area contributed by atoms with Crippen LogP contribution < -0.4 is 5.73 Å². The molecule has 1 amide bonds. The molecule has 2 N–H and O–H groups in total. The molecule has 1 aromatic carbocycles. The summed E-state index contributed by atoms with van der Waals surface area (Å²) in [5, 5.41) is 2.95. The SMILES string of the molecule is NC(=O)[C@H]1c2ccccc2CCN1Cc1csc(-c2ccoc2)n1. The molecule has 5 nitrogen and oxygen atoms in total. The Balaban J connectivity index is 1.59. The molecule has 0 fully saturated rings. The maximum atomic E-state index is 12.1. The lowest BCUT2D eigenvalue weighted by Gasteiger charge is -2.34. The second kappa shape index (κ2) is 6.22. The van der Waals surface area contributed by atoms with Crippen molar-refractivity contribution in [2.75, 3.05) is 6.54 Å². The van der Waals surface area contributed by atoms with E-state index >= 15 is 0 Å². The third-order valence-corrected chi connectivity index (χ3v) is 5.28. The number of thiazole rings is 1. The first kappa shape index (κ1) is 15.1. The first-order valence-electron chi connectivity index (χ1n) is 7.80. The smallest absolute Gasteiger partial charge is 0.239 e. The number of rotatable bonds is 4. The number of fused-ring (bicyclic) bond motifs is 1. The lowest BCUT2D eigenvalue weighted by molar-refractivity contribution is -0.124. The molecule has 3 aromatic rings. The normalized spacial score (nSPS) is 17.6. The van der Waals surface area contributed by atoms with E-state index in [2.05, 4.69) is 16.0 Å². The monoisotopic (exact) mass is 339 g/mol. The molecular formula is C18H17N3O2S. The van der Waals surface area contributed by atoms with Gasteiger partial charge in [0.05, 0.1) is 12.0 Å². The molecule has 24 heavy (non-hydrogen) atoms. The standard InChI is InChI=1S/C18H17N3O2S/c19-17(22)16-15-4-2-1-3-12(15)5-7-21(16)9-14-11-24-18(20-14)13-6-8-23-10-13/h1-4,6,8,10-11,16H,5,7,9H2,(H2,19,22)/t16-/m1/s1. The molecule has 0 saturated carbocycles. The summed E-state index contributed by atoms with van der Waals surface area (Å²) in [6, 6.07) is 9.53. The molecule has 2 aromatic heterocycles. The third kappa shape index (κ3) is 2.74. The molecule has 122 valence electrons. The topological polar surface area (TPSA) is 72.4 Å². The average molecular weight is 339 g/mol. The van der Waals surface area contributed by atoms with Crippen LogP contribution in [0.25, 0.3) is 10.6 Å². The predicted octanol–water partition coefficient (Wildman–Crippen LogP) is 2.99. The Morgan fingerprint density at radius 1 is 1.38 bits per heavy atom. The van der Waals surface area contributed by atoms with Gasteiger partial charge in [0.2, 0.25) is 5.91 Å². The minimum atomic E-state index is -0.394. The van der Waals surface area contributed by atoms with Crippen LogP contribution in [0.2, 0.25) is 0 Å². The Labute approximate surface area is 143 Å². The van der Waals surface area contributed by atoms with Gasteiger partial charge in [-0.15, -0.1) is 11.3 Å². The van der Waals surface area contributed by atoms with Gasteiger partial charge in [0, 0.05) is 24.0 Å². The molecule has 0 saturated heterocycles. The van der Waals surface area contributed by atoms with Crippen LogP contribution in [0.3, 0.4) is 0 Å². The molecule has 6 heteroatoms. The Bertz CT molecular complexity index is 857. The zero-order valence-electron chi connectivity index (χ0n) is 13.0. The second-order valence-electron chi connectivity index (χ2n) is 5.88. The van der Waals surface area contributed by atoms with Gasteiger partial charge < -0.3 is 10.2 Å². The highest BCUT2D eigenvalue weighted by Crippen LogP contribution is 2.31. The van der Waals surface area contributed by atoms with Crippen LogP contribution in [0.4, 0.5) is 0 Å². The number of furan rings is 1. The molecule has 1 aliphatic heterocycles. The molecule has 1 aliphatic rings. The summed E-state index contributed by atoms with van der Waals surface area (Å²) in [5.41, 5.74) is 9.84.